The van der Waals surface area contributed by atoms with Crippen LogP contribution in [-0.2, 0) is 13.0 Å². The van der Waals surface area contributed by atoms with Crippen LogP contribution < -0.4 is 4.74 Å². The number of pyridine rings is 2. The molecule has 134 valence electrons. The van der Waals surface area contributed by atoms with Crippen LogP contribution in [0.25, 0.3) is 11.3 Å². The van der Waals surface area contributed by atoms with E-state index in [1.807, 2.05) is 54.6 Å². The molecule has 4 rings (SSSR count). The van der Waals surface area contributed by atoms with E-state index in [0.717, 1.165) is 22.4 Å². The predicted molar refractivity (Wildman–Crippen MR) is 103 cm³/mol. The van der Waals surface area contributed by atoms with Crippen molar-refractivity contribution in [1.82, 2.24) is 15.1 Å². The molecule has 0 radical (unpaired) electrons. The van der Waals surface area contributed by atoms with Crippen LogP contribution in [-0.4, -0.2) is 15.1 Å². The van der Waals surface area contributed by atoms with Gasteiger partial charge in [-0.1, -0.05) is 35.0 Å². The van der Waals surface area contributed by atoms with Crippen molar-refractivity contribution in [1.29, 1.82) is 0 Å². The molecule has 0 atom stereocenters. The fraction of sp³-hybridized carbons (Fsp3) is 0.0952. The zero-order valence-electron chi connectivity index (χ0n) is 14.4. The van der Waals surface area contributed by atoms with Gasteiger partial charge in [0.2, 0.25) is 5.88 Å². The smallest absolute Gasteiger partial charge is 0.213 e. The first kappa shape index (κ1) is 17.2. The highest BCUT2D eigenvalue weighted by atomic mass is 35.5. The van der Waals surface area contributed by atoms with E-state index in [9.17, 15) is 0 Å². The Morgan fingerprint density at radius 2 is 1.93 bits per heavy atom. The summed E-state index contributed by atoms with van der Waals surface area (Å²) in [7, 11) is 0. The van der Waals surface area contributed by atoms with Crippen molar-refractivity contribution >= 4 is 11.6 Å². The van der Waals surface area contributed by atoms with Gasteiger partial charge in [-0.05, 0) is 35.4 Å². The largest absolute Gasteiger partial charge is 0.473 e. The van der Waals surface area contributed by atoms with E-state index in [-0.39, 0.29) is 0 Å². The van der Waals surface area contributed by atoms with Gasteiger partial charge in [-0.25, -0.2) is 4.98 Å². The Morgan fingerprint density at radius 1 is 0.963 bits per heavy atom. The molecule has 3 aromatic heterocycles. The summed E-state index contributed by atoms with van der Waals surface area (Å²) in [6.07, 6.45) is 5.89. The lowest BCUT2D eigenvalue weighted by atomic mass is 10.1. The van der Waals surface area contributed by atoms with Gasteiger partial charge in [0, 0.05) is 47.7 Å². The molecule has 0 saturated heterocycles. The van der Waals surface area contributed by atoms with Crippen molar-refractivity contribution < 1.29 is 9.26 Å². The van der Waals surface area contributed by atoms with Crippen molar-refractivity contribution in [3.63, 3.8) is 0 Å². The van der Waals surface area contributed by atoms with E-state index in [4.69, 9.17) is 20.9 Å². The summed E-state index contributed by atoms with van der Waals surface area (Å²) < 4.78 is 11.1. The fourth-order valence-electron chi connectivity index (χ4n) is 2.63. The van der Waals surface area contributed by atoms with Crippen molar-refractivity contribution in [2.24, 2.45) is 0 Å². The van der Waals surface area contributed by atoms with Gasteiger partial charge in [0.15, 0.2) is 5.76 Å². The standard InChI is InChI=1S/C21H16ClN3O2/c22-18-5-1-3-16(9-18)14-26-21-7-6-15(12-24-21)10-19-11-20(27-25-19)17-4-2-8-23-13-17/h1-9,11-13H,10,14H2. The highest BCUT2D eigenvalue weighted by molar-refractivity contribution is 6.30. The molecule has 0 bridgehead atoms. The van der Waals surface area contributed by atoms with Gasteiger partial charge in [-0.2, -0.15) is 0 Å². The average molecular weight is 378 g/mol. The van der Waals surface area contributed by atoms with Gasteiger partial charge in [0.1, 0.15) is 6.61 Å². The minimum atomic E-state index is 0.421. The Morgan fingerprint density at radius 3 is 2.70 bits per heavy atom. The minimum Gasteiger partial charge on any atom is -0.473 e. The predicted octanol–water partition coefficient (Wildman–Crippen LogP) is 4.95. The van der Waals surface area contributed by atoms with Gasteiger partial charge in [-0.3, -0.25) is 4.98 Å². The lowest BCUT2D eigenvalue weighted by Crippen LogP contribution is -1.98. The van der Waals surface area contributed by atoms with E-state index in [1.54, 1.807) is 18.6 Å². The van der Waals surface area contributed by atoms with E-state index in [1.165, 1.54) is 0 Å². The number of ether oxygens (including phenoxy) is 1. The topological polar surface area (TPSA) is 61.0 Å². The van der Waals surface area contributed by atoms with Gasteiger partial charge in [0.25, 0.3) is 0 Å². The molecule has 0 aliphatic heterocycles. The van der Waals surface area contributed by atoms with Gasteiger partial charge < -0.3 is 9.26 Å². The molecule has 27 heavy (non-hydrogen) atoms. The van der Waals surface area contributed by atoms with Crippen LogP contribution in [0.1, 0.15) is 16.8 Å². The van der Waals surface area contributed by atoms with Crippen molar-refractivity contribution in [3.05, 3.63) is 95.0 Å². The van der Waals surface area contributed by atoms with Crippen LogP contribution in [0.2, 0.25) is 5.02 Å². The molecule has 4 aromatic rings. The van der Waals surface area contributed by atoms with Gasteiger partial charge in [0.05, 0.1) is 5.69 Å². The first-order chi connectivity index (χ1) is 13.3. The monoisotopic (exact) mass is 377 g/mol. The third kappa shape index (κ3) is 4.51. The fourth-order valence-corrected chi connectivity index (χ4v) is 2.85. The summed E-state index contributed by atoms with van der Waals surface area (Å²) in [5.74, 6) is 1.27. The van der Waals surface area contributed by atoms with E-state index >= 15 is 0 Å². The lowest BCUT2D eigenvalue weighted by Gasteiger charge is -2.06. The molecule has 0 spiro atoms. The number of halogens is 1. The van der Waals surface area contributed by atoms with Crippen molar-refractivity contribution in [2.45, 2.75) is 13.0 Å². The Balaban J connectivity index is 1.37. The van der Waals surface area contributed by atoms with E-state index < -0.39 is 0 Å². The maximum absolute atomic E-state index is 5.98. The van der Waals surface area contributed by atoms with Gasteiger partial charge >= 0.3 is 0 Å². The second-order valence-corrected chi connectivity index (χ2v) is 6.46. The Labute approximate surface area is 161 Å². The van der Waals surface area contributed by atoms with Crippen LogP contribution in [0.4, 0.5) is 0 Å². The van der Waals surface area contributed by atoms with Crippen LogP contribution in [0, 0.1) is 0 Å². The summed E-state index contributed by atoms with van der Waals surface area (Å²) in [6.45, 7) is 0.421. The molecule has 3 heterocycles. The number of rotatable bonds is 6. The number of benzene rings is 1. The van der Waals surface area contributed by atoms with Crippen molar-refractivity contribution in [3.8, 4) is 17.2 Å². The highest BCUT2D eigenvalue weighted by Gasteiger charge is 2.08. The molecule has 0 amide bonds. The highest BCUT2D eigenvalue weighted by Crippen LogP contribution is 2.21. The second-order valence-electron chi connectivity index (χ2n) is 6.02. The van der Waals surface area contributed by atoms with Crippen LogP contribution >= 0.6 is 11.6 Å². The molecule has 5 nitrogen and oxygen atoms in total. The Kier molecular flexibility index (Phi) is 5.12. The summed E-state index contributed by atoms with van der Waals surface area (Å²) in [6, 6.07) is 17.1. The summed E-state index contributed by atoms with van der Waals surface area (Å²) in [5, 5.41) is 4.81. The third-order valence-electron chi connectivity index (χ3n) is 3.96. The number of hydrogen-bond donors (Lipinski definition) is 0. The van der Waals surface area contributed by atoms with E-state index in [2.05, 4.69) is 15.1 Å². The quantitative estimate of drug-likeness (QED) is 0.475. The molecule has 6 heteroatoms. The number of hydrogen-bond acceptors (Lipinski definition) is 5. The molecule has 0 N–H and O–H groups in total. The van der Waals surface area contributed by atoms with Gasteiger partial charge in [-0.15, -0.1) is 0 Å². The van der Waals surface area contributed by atoms with Crippen LogP contribution in [0.3, 0.4) is 0 Å². The maximum atomic E-state index is 5.98. The molecule has 0 aliphatic rings. The van der Waals surface area contributed by atoms with E-state index in [0.29, 0.717) is 29.7 Å². The molecular formula is C21H16ClN3O2. The molecule has 0 fully saturated rings. The molecule has 0 saturated carbocycles. The number of nitrogens with zero attached hydrogens (tertiary/aromatic N) is 3. The molecule has 0 unspecified atom stereocenters. The SMILES string of the molecule is Clc1cccc(COc2ccc(Cc3cc(-c4cccnc4)on3)cn2)c1. The Hall–Kier alpha value is -3.18. The average Bonchev–Trinajstić information content (AvgIpc) is 3.17. The third-order valence-corrected chi connectivity index (χ3v) is 4.20. The van der Waals surface area contributed by atoms with Crippen LogP contribution in [0.5, 0.6) is 5.88 Å². The number of aromatic nitrogens is 3. The maximum Gasteiger partial charge on any atom is 0.213 e. The Bertz CT molecular complexity index is 1020. The minimum absolute atomic E-state index is 0.421. The first-order valence-corrected chi connectivity index (χ1v) is 8.82. The zero-order valence-corrected chi connectivity index (χ0v) is 15.1. The molecule has 1 aromatic carbocycles. The second kappa shape index (κ2) is 8.01. The van der Waals surface area contributed by atoms with Crippen molar-refractivity contribution in [2.75, 3.05) is 0 Å². The molecular weight excluding hydrogens is 362 g/mol. The summed E-state index contributed by atoms with van der Waals surface area (Å²) >= 11 is 5.98. The van der Waals surface area contributed by atoms with Crippen LogP contribution in [0.15, 0.2) is 77.7 Å². The summed E-state index contributed by atoms with van der Waals surface area (Å²) in [4.78, 5) is 8.44. The first-order valence-electron chi connectivity index (χ1n) is 8.44. The molecule has 0 aliphatic carbocycles. The zero-order chi connectivity index (χ0) is 18.5. The lowest BCUT2D eigenvalue weighted by molar-refractivity contribution is 0.294. The normalized spacial score (nSPS) is 10.7. The summed E-state index contributed by atoms with van der Waals surface area (Å²) in [5.41, 5.74) is 3.76.